The maximum Gasteiger partial charge on any atom is 0.211 e. The molecule has 1 aliphatic heterocycles. The predicted molar refractivity (Wildman–Crippen MR) is 76.1 cm³/mol. The number of fused-ring (bicyclic) bond motifs is 1. The SMILES string of the molecule is O=c1c(N2CCOCC2)csc2ccc(Cl)cc12. The summed E-state index contributed by atoms with van der Waals surface area (Å²) in [5.41, 5.74) is 0.825. The summed E-state index contributed by atoms with van der Waals surface area (Å²) in [6.45, 7) is 2.90. The molecule has 0 aliphatic carbocycles. The lowest BCUT2D eigenvalue weighted by Gasteiger charge is -2.28. The number of nitrogens with zero attached hydrogens (tertiary/aromatic N) is 1. The predicted octanol–water partition coefficient (Wildman–Crippen LogP) is 2.75. The van der Waals surface area contributed by atoms with Crippen LogP contribution in [-0.4, -0.2) is 26.3 Å². The van der Waals surface area contributed by atoms with Crippen LogP contribution in [0, 0.1) is 0 Å². The topological polar surface area (TPSA) is 29.5 Å². The Morgan fingerprint density at radius 3 is 2.83 bits per heavy atom. The van der Waals surface area contributed by atoms with Gasteiger partial charge in [0.05, 0.1) is 18.9 Å². The molecule has 3 rings (SSSR count). The van der Waals surface area contributed by atoms with Crippen LogP contribution in [0.15, 0.2) is 28.4 Å². The normalized spacial score (nSPS) is 16.2. The van der Waals surface area contributed by atoms with E-state index < -0.39 is 0 Å². The van der Waals surface area contributed by atoms with Gasteiger partial charge in [0.1, 0.15) is 0 Å². The van der Waals surface area contributed by atoms with Crippen molar-refractivity contribution in [2.45, 2.75) is 0 Å². The molecule has 0 bridgehead atoms. The number of anilines is 1. The van der Waals surface area contributed by atoms with Crippen LogP contribution in [0.5, 0.6) is 0 Å². The van der Waals surface area contributed by atoms with E-state index in [2.05, 4.69) is 4.90 Å². The van der Waals surface area contributed by atoms with Crippen molar-refractivity contribution in [3.63, 3.8) is 0 Å². The van der Waals surface area contributed by atoms with Gasteiger partial charge in [-0.15, -0.1) is 11.3 Å². The summed E-state index contributed by atoms with van der Waals surface area (Å²) in [5, 5.41) is 3.24. The van der Waals surface area contributed by atoms with Crippen molar-refractivity contribution in [3.8, 4) is 0 Å². The zero-order chi connectivity index (χ0) is 12.5. The Bertz CT molecular complexity index is 634. The van der Waals surface area contributed by atoms with Gasteiger partial charge in [-0.05, 0) is 18.2 Å². The molecule has 0 radical (unpaired) electrons. The molecule has 2 aromatic rings. The number of benzene rings is 1. The summed E-state index contributed by atoms with van der Waals surface area (Å²) < 4.78 is 6.28. The fourth-order valence-corrected chi connectivity index (χ4v) is 3.21. The summed E-state index contributed by atoms with van der Waals surface area (Å²) in [6, 6.07) is 5.46. The molecule has 1 fully saturated rings. The molecule has 0 saturated carbocycles. The quantitative estimate of drug-likeness (QED) is 0.805. The van der Waals surface area contributed by atoms with E-state index >= 15 is 0 Å². The van der Waals surface area contributed by atoms with E-state index in [1.54, 1.807) is 17.4 Å². The molecule has 3 nitrogen and oxygen atoms in total. The Morgan fingerprint density at radius 1 is 1.28 bits per heavy atom. The summed E-state index contributed by atoms with van der Waals surface area (Å²) >= 11 is 7.54. The molecule has 0 atom stereocenters. The molecule has 0 amide bonds. The van der Waals surface area contributed by atoms with Gasteiger partial charge < -0.3 is 9.64 Å². The van der Waals surface area contributed by atoms with Crippen molar-refractivity contribution in [1.82, 2.24) is 0 Å². The van der Waals surface area contributed by atoms with Crippen molar-refractivity contribution in [1.29, 1.82) is 0 Å². The Hall–Kier alpha value is -1.10. The van der Waals surface area contributed by atoms with Gasteiger partial charge in [0.2, 0.25) is 5.43 Å². The zero-order valence-electron chi connectivity index (χ0n) is 9.69. The summed E-state index contributed by atoms with van der Waals surface area (Å²) in [7, 11) is 0. The van der Waals surface area contributed by atoms with Crippen molar-refractivity contribution in [2.75, 3.05) is 31.2 Å². The average Bonchev–Trinajstić information content (AvgIpc) is 2.41. The molecule has 5 heteroatoms. The Balaban J connectivity index is 2.13. The minimum absolute atomic E-state index is 0.0631. The van der Waals surface area contributed by atoms with Gasteiger partial charge in [-0.3, -0.25) is 4.79 Å². The third kappa shape index (κ3) is 2.11. The van der Waals surface area contributed by atoms with Crippen molar-refractivity contribution in [3.05, 3.63) is 38.8 Å². The third-order valence-corrected chi connectivity index (χ3v) is 4.25. The molecular weight excluding hydrogens is 270 g/mol. The van der Waals surface area contributed by atoms with Crippen LogP contribution in [0.1, 0.15) is 0 Å². The number of morpholine rings is 1. The molecule has 18 heavy (non-hydrogen) atoms. The second-order valence-corrected chi connectivity index (χ2v) is 5.54. The highest BCUT2D eigenvalue weighted by molar-refractivity contribution is 7.16. The molecule has 1 aromatic carbocycles. The Labute approximate surface area is 114 Å². The van der Waals surface area contributed by atoms with Crippen LogP contribution in [-0.2, 0) is 4.74 Å². The highest BCUT2D eigenvalue weighted by Gasteiger charge is 2.15. The van der Waals surface area contributed by atoms with Crippen LogP contribution in [0.25, 0.3) is 10.1 Å². The number of halogens is 1. The lowest BCUT2D eigenvalue weighted by atomic mass is 10.2. The standard InChI is InChI=1S/C13H12ClNO2S/c14-9-1-2-12-10(7-9)13(16)11(8-18-12)15-3-5-17-6-4-15/h1-2,7-8H,3-6H2. The first-order valence-corrected chi connectivity index (χ1v) is 7.05. The highest BCUT2D eigenvalue weighted by Crippen LogP contribution is 2.24. The largest absolute Gasteiger partial charge is 0.378 e. The third-order valence-electron chi connectivity index (χ3n) is 3.07. The smallest absolute Gasteiger partial charge is 0.211 e. The molecule has 1 aliphatic rings. The highest BCUT2D eigenvalue weighted by atomic mass is 35.5. The minimum atomic E-state index is 0.0631. The molecule has 1 aromatic heterocycles. The van der Waals surface area contributed by atoms with Gasteiger partial charge in [-0.1, -0.05) is 11.6 Å². The molecule has 94 valence electrons. The van der Waals surface area contributed by atoms with Gasteiger partial charge in [-0.25, -0.2) is 0 Å². The fourth-order valence-electron chi connectivity index (χ4n) is 2.12. The van der Waals surface area contributed by atoms with Crippen LogP contribution in [0.3, 0.4) is 0 Å². The summed E-state index contributed by atoms with van der Waals surface area (Å²) in [5.74, 6) is 0. The second-order valence-electron chi connectivity index (χ2n) is 4.19. The Morgan fingerprint density at radius 2 is 2.06 bits per heavy atom. The molecule has 0 N–H and O–H groups in total. The maximum absolute atomic E-state index is 12.4. The molecule has 1 saturated heterocycles. The first kappa shape index (κ1) is 12.0. The maximum atomic E-state index is 12.4. The van der Waals surface area contributed by atoms with Gasteiger partial charge in [0.25, 0.3) is 0 Å². The van der Waals surface area contributed by atoms with Gasteiger partial charge in [-0.2, -0.15) is 0 Å². The van der Waals surface area contributed by atoms with E-state index in [9.17, 15) is 4.79 Å². The van der Waals surface area contributed by atoms with E-state index in [0.717, 1.165) is 23.5 Å². The first-order valence-electron chi connectivity index (χ1n) is 5.79. The van der Waals surface area contributed by atoms with Gasteiger partial charge in [0.15, 0.2) is 0 Å². The van der Waals surface area contributed by atoms with Crippen molar-refractivity contribution < 1.29 is 4.74 Å². The van der Waals surface area contributed by atoms with Crippen molar-refractivity contribution >= 4 is 38.7 Å². The molecule has 0 unspecified atom stereocenters. The first-order chi connectivity index (χ1) is 8.75. The van der Waals surface area contributed by atoms with Gasteiger partial charge in [0, 0.05) is 33.6 Å². The molecule has 0 spiro atoms. The van der Waals surface area contributed by atoms with Crippen molar-refractivity contribution in [2.24, 2.45) is 0 Å². The Kier molecular flexibility index (Phi) is 3.24. The van der Waals surface area contributed by atoms with Crippen LogP contribution < -0.4 is 10.3 Å². The zero-order valence-corrected chi connectivity index (χ0v) is 11.3. The number of hydrogen-bond donors (Lipinski definition) is 0. The second kappa shape index (κ2) is 4.88. The summed E-state index contributed by atoms with van der Waals surface area (Å²) in [4.78, 5) is 14.5. The van der Waals surface area contributed by atoms with E-state index in [-0.39, 0.29) is 5.43 Å². The van der Waals surface area contributed by atoms with Gasteiger partial charge >= 0.3 is 0 Å². The summed E-state index contributed by atoms with van der Waals surface area (Å²) in [6.07, 6.45) is 0. The monoisotopic (exact) mass is 281 g/mol. The number of rotatable bonds is 1. The number of ether oxygens (including phenoxy) is 1. The van der Waals surface area contributed by atoms with Crippen LogP contribution >= 0.6 is 22.9 Å². The number of hydrogen-bond acceptors (Lipinski definition) is 4. The lowest BCUT2D eigenvalue weighted by molar-refractivity contribution is 0.122. The van der Waals surface area contributed by atoms with Crippen LogP contribution in [0.2, 0.25) is 5.02 Å². The van der Waals surface area contributed by atoms with E-state index in [1.807, 2.05) is 17.5 Å². The van der Waals surface area contributed by atoms with E-state index in [1.165, 1.54) is 0 Å². The van der Waals surface area contributed by atoms with E-state index in [4.69, 9.17) is 16.3 Å². The molecular formula is C13H12ClNO2S. The molecule has 2 heterocycles. The van der Waals surface area contributed by atoms with E-state index in [0.29, 0.717) is 23.6 Å². The fraction of sp³-hybridized carbons (Fsp3) is 0.308. The average molecular weight is 282 g/mol. The lowest BCUT2D eigenvalue weighted by Crippen LogP contribution is -2.38. The minimum Gasteiger partial charge on any atom is -0.378 e. The van der Waals surface area contributed by atoms with Crippen LogP contribution in [0.4, 0.5) is 5.69 Å².